The smallest absolute Gasteiger partial charge is 0.415 e. The van der Waals surface area contributed by atoms with Gasteiger partial charge < -0.3 is 38.5 Å². The van der Waals surface area contributed by atoms with Crippen LogP contribution in [0.5, 0.6) is 0 Å². The minimum absolute atomic E-state index is 0. The lowest BCUT2D eigenvalue weighted by atomic mass is 9.93. The van der Waals surface area contributed by atoms with Crippen LogP contribution in [0.2, 0.25) is 0 Å². The zero-order valence-corrected chi connectivity index (χ0v) is 18.9. The second-order valence-electron chi connectivity index (χ2n) is 8.58. The number of aromatic nitrogens is 2. The molecule has 2 saturated heterocycles. The Morgan fingerprint density at radius 3 is 2.26 bits per heavy atom. The molecule has 3 rings (SSSR count). The number of nitrogens with zero attached hydrogens (tertiary/aromatic N) is 4. The van der Waals surface area contributed by atoms with Crippen LogP contribution < -0.4 is 33.9 Å². The highest BCUT2D eigenvalue weighted by atomic mass is 127. The third-order valence-electron chi connectivity index (χ3n) is 5.07. The predicted molar refractivity (Wildman–Crippen MR) is 95.3 cm³/mol. The number of ether oxygens (including phenoxy) is 1. The Bertz CT molecular complexity index is 693. The van der Waals surface area contributed by atoms with Crippen molar-refractivity contribution in [3.8, 4) is 0 Å². The van der Waals surface area contributed by atoms with Crippen LogP contribution in [0, 0.1) is 5.41 Å². The van der Waals surface area contributed by atoms with Crippen LogP contribution in [0.4, 0.5) is 4.79 Å². The van der Waals surface area contributed by atoms with Gasteiger partial charge in [-0.15, -0.1) is 0 Å². The Hall–Kier alpha value is -1.20. The summed E-state index contributed by atoms with van der Waals surface area (Å²) in [4.78, 5) is 29.1. The quantitative estimate of drug-likeness (QED) is 0.340. The van der Waals surface area contributed by atoms with Crippen LogP contribution in [0.3, 0.4) is 0 Å². The van der Waals surface area contributed by atoms with Gasteiger partial charge >= 0.3 is 6.03 Å². The lowest BCUT2D eigenvalue weighted by Crippen LogP contribution is -3.00. The molecule has 0 unspecified atom stereocenters. The van der Waals surface area contributed by atoms with E-state index in [1.54, 1.807) is 22.0 Å². The molecule has 152 valence electrons. The summed E-state index contributed by atoms with van der Waals surface area (Å²) in [5, 5.41) is 3.37. The van der Waals surface area contributed by atoms with E-state index in [0.29, 0.717) is 32.8 Å². The monoisotopic (exact) mass is 491 g/mol. The SMILES string of the molecule is C[n+]1ccn(C(=O)N2CCN(C(=O)[C@]3(C)CO[C@H](C(C)(C)C)N3)CC2)c1.[I-]. The molecule has 0 saturated carbocycles. The summed E-state index contributed by atoms with van der Waals surface area (Å²) < 4.78 is 9.23. The van der Waals surface area contributed by atoms with Crippen molar-refractivity contribution in [1.29, 1.82) is 0 Å². The maximum absolute atomic E-state index is 13.0. The molecule has 1 aromatic heterocycles. The molecule has 2 fully saturated rings. The van der Waals surface area contributed by atoms with Gasteiger partial charge in [0.25, 0.3) is 6.33 Å². The molecule has 0 spiro atoms. The Morgan fingerprint density at radius 2 is 1.78 bits per heavy atom. The van der Waals surface area contributed by atoms with Crippen LogP contribution in [-0.2, 0) is 16.6 Å². The molecule has 2 atom stereocenters. The molecule has 27 heavy (non-hydrogen) atoms. The van der Waals surface area contributed by atoms with Gasteiger partial charge in [-0.25, -0.2) is 9.36 Å². The van der Waals surface area contributed by atoms with E-state index in [0.717, 1.165) is 0 Å². The molecule has 1 N–H and O–H groups in total. The van der Waals surface area contributed by atoms with Crippen molar-refractivity contribution in [2.45, 2.75) is 39.5 Å². The number of amides is 2. The molecule has 0 aromatic carbocycles. The van der Waals surface area contributed by atoms with E-state index in [4.69, 9.17) is 4.74 Å². The molecule has 9 heteroatoms. The fourth-order valence-electron chi connectivity index (χ4n) is 3.39. The Morgan fingerprint density at radius 1 is 1.19 bits per heavy atom. The molecule has 3 heterocycles. The first-order chi connectivity index (χ1) is 12.1. The first kappa shape index (κ1) is 22.1. The number of imidazole rings is 1. The van der Waals surface area contributed by atoms with Crippen LogP contribution in [0.25, 0.3) is 0 Å². The molecule has 2 amide bonds. The molecule has 1 aromatic rings. The molecular formula is C18H30IN5O3. The van der Waals surface area contributed by atoms with Gasteiger partial charge in [-0.1, -0.05) is 20.8 Å². The van der Waals surface area contributed by atoms with E-state index in [1.807, 2.05) is 29.6 Å². The molecule has 0 aliphatic carbocycles. The maximum Gasteiger partial charge on any atom is 0.415 e. The van der Waals surface area contributed by atoms with Crippen LogP contribution in [-0.4, -0.2) is 70.9 Å². The summed E-state index contributed by atoms with van der Waals surface area (Å²) in [6.45, 7) is 10.7. The highest BCUT2D eigenvalue weighted by Gasteiger charge is 2.47. The molecule has 0 bridgehead atoms. The zero-order valence-electron chi connectivity index (χ0n) is 16.7. The van der Waals surface area contributed by atoms with Gasteiger partial charge in [0.15, 0.2) is 0 Å². The van der Waals surface area contributed by atoms with Crippen molar-refractivity contribution >= 4 is 11.9 Å². The average molecular weight is 491 g/mol. The number of carbonyl (C=O) groups is 2. The molecule has 2 aliphatic heterocycles. The van der Waals surface area contributed by atoms with Crippen molar-refractivity contribution in [3.05, 3.63) is 18.7 Å². The average Bonchev–Trinajstić information content (AvgIpc) is 3.20. The van der Waals surface area contributed by atoms with Crippen LogP contribution >= 0.6 is 0 Å². The number of nitrogens with one attached hydrogen (secondary N) is 1. The number of piperazine rings is 1. The minimum atomic E-state index is -0.710. The summed E-state index contributed by atoms with van der Waals surface area (Å²) in [6, 6.07) is -0.0565. The highest BCUT2D eigenvalue weighted by Crippen LogP contribution is 2.29. The number of carbonyl (C=O) groups excluding carboxylic acids is 2. The molecular weight excluding hydrogens is 461 g/mol. The van der Waals surface area contributed by atoms with Crippen LogP contribution in [0.15, 0.2) is 18.7 Å². The Kier molecular flexibility index (Phi) is 6.58. The van der Waals surface area contributed by atoms with Gasteiger partial charge in [0.1, 0.15) is 24.2 Å². The summed E-state index contributed by atoms with van der Waals surface area (Å²) >= 11 is 0. The number of hydrogen-bond acceptors (Lipinski definition) is 4. The Balaban J connectivity index is 0.00000261. The van der Waals surface area contributed by atoms with E-state index in [-0.39, 0.29) is 47.6 Å². The second-order valence-corrected chi connectivity index (χ2v) is 8.58. The van der Waals surface area contributed by atoms with Gasteiger partial charge in [-0.3, -0.25) is 10.1 Å². The van der Waals surface area contributed by atoms with E-state index in [9.17, 15) is 9.59 Å². The molecule has 2 aliphatic rings. The first-order valence-electron chi connectivity index (χ1n) is 9.11. The molecule has 0 radical (unpaired) electrons. The van der Waals surface area contributed by atoms with Gasteiger partial charge in [0, 0.05) is 31.6 Å². The summed E-state index contributed by atoms with van der Waals surface area (Å²) in [6.07, 6.45) is 5.17. The second kappa shape index (κ2) is 8.04. The minimum Gasteiger partial charge on any atom is -1.00 e. The molecule has 8 nitrogen and oxygen atoms in total. The van der Waals surface area contributed by atoms with Gasteiger partial charge in [-0.2, -0.15) is 4.57 Å². The Labute approximate surface area is 177 Å². The van der Waals surface area contributed by atoms with Crippen molar-refractivity contribution in [1.82, 2.24) is 19.7 Å². The van der Waals surface area contributed by atoms with Crippen molar-refractivity contribution in [2.24, 2.45) is 12.5 Å². The summed E-state index contributed by atoms with van der Waals surface area (Å²) in [5.41, 5.74) is -0.783. The summed E-state index contributed by atoms with van der Waals surface area (Å²) in [5.74, 6) is 0.0451. The highest BCUT2D eigenvalue weighted by molar-refractivity contribution is 5.87. The van der Waals surface area contributed by atoms with Gasteiger partial charge in [-0.05, 0) is 6.92 Å². The maximum atomic E-state index is 13.0. The lowest BCUT2D eigenvalue weighted by molar-refractivity contribution is -0.670. The van der Waals surface area contributed by atoms with E-state index in [1.165, 1.54) is 0 Å². The summed E-state index contributed by atoms with van der Waals surface area (Å²) in [7, 11) is 1.88. The van der Waals surface area contributed by atoms with E-state index in [2.05, 4.69) is 26.1 Å². The fourth-order valence-corrected chi connectivity index (χ4v) is 3.39. The third kappa shape index (κ3) is 4.62. The standard InChI is InChI=1S/C18H30N5O3.HI/c1-17(2,3)14-19-18(4,12-26-14)15(24)21-8-10-22(11-9-21)16(25)23-7-6-20(5)13-23;/h6-7,13-14,19H,8-12H2,1-5H3;1H/q+1;/p-1/t14-,18+;/m1./s1. The topological polar surface area (TPSA) is 70.7 Å². The number of hydrogen-bond donors (Lipinski definition) is 1. The van der Waals surface area contributed by atoms with Crippen molar-refractivity contribution < 1.29 is 42.9 Å². The number of halogens is 1. The van der Waals surface area contributed by atoms with Crippen molar-refractivity contribution in [2.75, 3.05) is 32.8 Å². The van der Waals surface area contributed by atoms with Gasteiger partial charge in [0.2, 0.25) is 5.91 Å². The van der Waals surface area contributed by atoms with Crippen LogP contribution in [0.1, 0.15) is 27.7 Å². The first-order valence-corrected chi connectivity index (χ1v) is 9.11. The predicted octanol–water partition coefficient (Wildman–Crippen LogP) is -2.82. The normalized spacial score (nSPS) is 26.0. The van der Waals surface area contributed by atoms with E-state index >= 15 is 0 Å². The zero-order chi connectivity index (χ0) is 19.1. The number of aryl methyl sites for hydroxylation is 1. The van der Waals surface area contributed by atoms with Crippen molar-refractivity contribution in [3.63, 3.8) is 0 Å². The third-order valence-corrected chi connectivity index (χ3v) is 5.07. The van der Waals surface area contributed by atoms with Gasteiger partial charge in [0.05, 0.1) is 13.7 Å². The van der Waals surface area contributed by atoms with E-state index < -0.39 is 5.54 Å². The number of rotatable bonds is 1. The largest absolute Gasteiger partial charge is 1.00 e. The fraction of sp³-hybridized carbons (Fsp3) is 0.722. The lowest BCUT2D eigenvalue weighted by Gasteiger charge is -2.37.